The van der Waals surface area contributed by atoms with Gasteiger partial charge >= 0.3 is 0 Å². The minimum absolute atomic E-state index is 0.214. The average Bonchev–Trinajstić information content (AvgIpc) is 3.11. The van der Waals surface area contributed by atoms with E-state index in [1.807, 2.05) is 32.0 Å². The molecule has 0 spiro atoms. The lowest BCUT2D eigenvalue weighted by molar-refractivity contribution is 0.0919. The SMILES string of the molecule is Cc1ccc(OCc2ccc(C(=O)NCc3ccc(F)cc3)o2)cc1C. The van der Waals surface area contributed by atoms with Gasteiger partial charge in [-0.25, -0.2) is 4.39 Å². The highest BCUT2D eigenvalue weighted by molar-refractivity contribution is 5.91. The molecule has 0 unspecified atom stereocenters. The van der Waals surface area contributed by atoms with Crippen molar-refractivity contribution in [1.82, 2.24) is 5.32 Å². The molecule has 4 nitrogen and oxygen atoms in total. The number of hydrogen-bond donors (Lipinski definition) is 1. The molecular weight excluding hydrogens is 333 g/mol. The molecule has 0 saturated heterocycles. The first-order valence-electron chi connectivity index (χ1n) is 8.32. The molecule has 1 amide bonds. The molecule has 0 atom stereocenters. The number of benzene rings is 2. The van der Waals surface area contributed by atoms with E-state index in [2.05, 4.69) is 5.32 Å². The van der Waals surface area contributed by atoms with Gasteiger partial charge in [-0.1, -0.05) is 18.2 Å². The smallest absolute Gasteiger partial charge is 0.287 e. The van der Waals surface area contributed by atoms with Crippen molar-refractivity contribution in [1.29, 1.82) is 0 Å². The van der Waals surface area contributed by atoms with E-state index in [1.165, 1.54) is 17.7 Å². The number of furan rings is 1. The highest BCUT2D eigenvalue weighted by Gasteiger charge is 2.11. The largest absolute Gasteiger partial charge is 0.486 e. The summed E-state index contributed by atoms with van der Waals surface area (Å²) in [7, 11) is 0. The highest BCUT2D eigenvalue weighted by Crippen LogP contribution is 2.18. The molecule has 1 heterocycles. The first kappa shape index (κ1) is 17.7. The summed E-state index contributed by atoms with van der Waals surface area (Å²) in [6, 6.07) is 15.2. The van der Waals surface area contributed by atoms with Gasteiger partial charge in [0.15, 0.2) is 5.76 Å². The third kappa shape index (κ3) is 4.51. The Labute approximate surface area is 151 Å². The first-order valence-corrected chi connectivity index (χ1v) is 8.32. The van der Waals surface area contributed by atoms with Crippen LogP contribution in [0.25, 0.3) is 0 Å². The Bertz CT molecular complexity index is 900. The minimum Gasteiger partial charge on any atom is -0.486 e. The minimum atomic E-state index is -0.327. The van der Waals surface area contributed by atoms with Crippen LogP contribution in [0.5, 0.6) is 5.75 Å². The van der Waals surface area contributed by atoms with Gasteiger partial charge in [-0.15, -0.1) is 0 Å². The zero-order valence-corrected chi connectivity index (χ0v) is 14.7. The Morgan fingerprint density at radius 3 is 2.54 bits per heavy atom. The molecule has 0 radical (unpaired) electrons. The van der Waals surface area contributed by atoms with Crippen LogP contribution in [0.4, 0.5) is 4.39 Å². The first-order chi connectivity index (χ1) is 12.5. The van der Waals surface area contributed by atoms with Crippen LogP contribution in [0, 0.1) is 19.7 Å². The maximum Gasteiger partial charge on any atom is 0.287 e. The molecule has 0 aliphatic rings. The van der Waals surface area contributed by atoms with E-state index >= 15 is 0 Å². The standard InChI is InChI=1S/C21H20FNO3/c1-14-3-8-18(11-15(14)2)25-13-19-9-10-20(26-19)21(24)23-12-16-4-6-17(22)7-5-16/h3-11H,12-13H2,1-2H3,(H,23,24). The maximum absolute atomic E-state index is 12.9. The van der Waals surface area contributed by atoms with Crippen molar-refractivity contribution in [2.24, 2.45) is 0 Å². The van der Waals surface area contributed by atoms with Crippen molar-refractivity contribution < 1.29 is 18.3 Å². The fraction of sp³-hybridized carbons (Fsp3) is 0.190. The summed E-state index contributed by atoms with van der Waals surface area (Å²) in [5.74, 6) is 0.902. The van der Waals surface area contributed by atoms with Crippen LogP contribution >= 0.6 is 0 Å². The molecule has 0 saturated carbocycles. The highest BCUT2D eigenvalue weighted by atomic mass is 19.1. The third-order valence-electron chi connectivity index (χ3n) is 4.11. The molecule has 26 heavy (non-hydrogen) atoms. The van der Waals surface area contributed by atoms with Crippen molar-refractivity contribution in [2.45, 2.75) is 27.0 Å². The predicted molar refractivity (Wildman–Crippen MR) is 96.5 cm³/mol. The molecule has 0 bridgehead atoms. The quantitative estimate of drug-likeness (QED) is 0.708. The number of carbonyl (C=O) groups is 1. The summed E-state index contributed by atoms with van der Waals surface area (Å²) in [6.07, 6.45) is 0. The average molecular weight is 353 g/mol. The van der Waals surface area contributed by atoms with E-state index in [-0.39, 0.29) is 24.1 Å². The Morgan fingerprint density at radius 2 is 1.81 bits per heavy atom. The van der Waals surface area contributed by atoms with E-state index in [1.54, 1.807) is 24.3 Å². The molecule has 2 aromatic carbocycles. The number of amides is 1. The summed E-state index contributed by atoms with van der Waals surface area (Å²) < 4.78 is 24.1. The monoisotopic (exact) mass is 353 g/mol. The number of nitrogens with one attached hydrogen (secondary N) is 1. The van der Waals surface area contributed by atoms with Crippen LogP contribution in [0.1, 0.15) is 33.0 Å². The van der Waals surface area contributed by atoms with Gasteiger partial charge in [-0.05, 0) is 66.9 Å². The van der Waals surface area contributed by atoms with Gasteiger partial charge < -0.3 is 14.5 Å². The van der Waals surface area contributed by atoms with E-state index < -0.39 is 0 Å². The zero-order chi connectivity index (χ0) is 18.5. The van der Waals surface area contributed by atoms with Crippen LogP contribution < -0.4 is 10.1 Å². The lowest BCUT2D eigenvalue weighted by atomic mass is 10.1. The van der Waals surface area contributed by atoms with Gasteiger partial charge in [0.05, 0.1) is 0 Å². The lowest BCUT2D eigenvalue weighted by Gasteiger charge is -2.07. The molecule has 134 valence electrons. The van der Waals surface area contributed by atoms with Crippen LogP contribution in [0.15, 0.2) is 59.0 Å². The second-order valence-electron chi connectivity index (χ2n) is 6.11. The molecule has 0 aliphatic heterocycles. The summed E-state index contributed by atoms with van der Waals surface area (Å²) in [6.45, 7) is 4.61. The molecule has 1 aromatic heterocycles. The second kappa shape index (κ2) is 7.87. The van der Waals surface area contributed by atoms with Gasteiger partial charge in [0.1, 0.15) is 23.9 Å². The predicted octanol–water partition coefficient (Wildman–Crippen LogP) is 4.54. The molecule has 3 aromatic rings. The Kier molecular flexibility index (Phi) is 5.37. The van der Waals surface area contributed by atoms with Crippen molar-refractivity contribution >= 4 is 5.91 Å². The van der Waals surface area contributed by atoms with Gasteiger partial charge in [-0.2, -0.15) is 0 Å². The van der Waals surface area contributed by atoms with Crippen LogP contribution in [0.2, 0.25) is 0 Å². The lowest BCUT2D eigenvalue weighted by Crippen LogP contribution is -2.22. The topological polar surface area (TPSA) is 51.5 Å². The van der Waals surface area contributed by atoms with Crippen molar-refractivity contribution in [3.05, 3.63) is 88.6 Å². The van der Waals surface area contributed by atoms with Crippen LogP contribution in [-0.4, -0.2) is 5.91 Å². The molecule has 3 rings (SSSR count). The molecular formula is C21H20FNO3. The van der Waals surface area contributed by atoms with Gasteiger partial charge in [-0.3, -0.25) is 4.79 Å². The summed E-state index contributed by atoms with van der Waals surface area (Å²) in [4.78, 5) is 12.1. The van der Waals surface area contributed by atoms with Crippen LogP contribution in [0.3, 0.4) is 0 Å². The summed E-state index contributed by atoms with van der Waals surface area (Å²) >= 11 is 0. The number of halogens is 1. The molecule has 0 fully saturated rings. The van der Waals surface area contributed by atoms with E-state index in [0.29, 0.717) is 12.3 Å². The van der Waals surface area contributed by atoms with Crippen LogP contribution in [-0.2, 0) is 13.2 Å². The Morgan fingerprint density at radius 1 is 1.04 bits per heavy atom. The third-order valence-corrected chi connectivity index (χ3v) is 4.11. The second-order valence-corrected chi connectivity index (χ2v) is 6.11. The number of aryl methyl sites for hydroxylation is 2. The summed E-state index contributed by atoms with van der Waals surface area (Å²) in [5, 5.41) is 2.74. The maximum atomic E-state index is 12.9. The normalized spacial score (nSPS) is 10.6. The van der Waals surface area contributed by atoms with Gasteiger partial charge in [0.2, 0.25) is 0 Å². The van der Waals surface area contributed by atoms with Crippen molar-refractivity contribution in [2.75, 3.05) is 0 Å². The van der Waals surface area contributed by atoms with E-state index in [0.717, 1.165) is 16.9 Å². The Hall–Kier alpha value is -3.08. The molecule has 1 N–H and O–H groups in total. The summed E-state index contributed by atoms with van der Waals surface area (Å²) in [5.41, 5.74) is 3.17. The zero-order valence-electron chi connectivity index (χ0n) is 14.7. The van der Waals surface area contributed by atoms with Gasteiger partial charge in [0, 0.05) is 6.54 Å². The van der Waals surface area contributed by atoms with Gasteiger partial charge in [0.25, 0.3) is 5.91 Å². The number of rotatable bonds is 6. The van der Waals surface area contributed by atoms with E-state index in [4.69, 9.17) is 9.15 Å². The Balaban J connectivity index is 1.54. The number of carbonyl (C=O) groups excluding carboxylic acids is 1. The van der Waals surface area contributed by atoms with Crippen molar-refractivity contribution in [3.63, 3.8) is 0 Å². The fourth-order valence-corrected chi connectivity index (χ4v) is 2.41. The van der Waals surface area contributed by atoms with E-state index in [9.17, 15) is 9.18 Å². The molecule has 0 aliphatic carbocycles. The van der Waals surface area contributed by atoms with Crippen molar-refractivity contribution in [3.8, 4) is 5.75 Å². The fourth-order valence-electron chi connectivity index (χ4n) is 2.41. The number of hydrogen-bond acceptors (Lipinski definition) is 3. The molecule has 5 heteroatoms. The number of ether oxygens (including phenoxy) is 1.